The number of hydrazine groups is 1. The summed E-state index contributed by atoms with van der Waals surface area (Å²) >= 11 is 0. The Morgan fingerprint density at radius 3 is 2.93 bits per heavy atom. The minimum Gasteiger partial charge on any atom is -0.278 e. The Morgan fingerprint density at radius 1 is 1.50 bits per heavy atom. The van der Waals surface area contributed by atoms with Crippen LogP contribution in [0.3, 0.4) is 0 Å². The van der Waals surface area contributed by atoms with Crippen LogP contribution in [0.2, 0.25) is 0 Å². The van der Waals surface area contributed by atoms with Crippen molar-refractivity contribution in [2.45, 2.75) is 12.8 Å². The van der Waals surface area contributed by atoms with Crippen LogP contribution in [-0.4, -0.2) is 29.0 Å². The van der Waals surface area contributed by atoms with Crippen molar-refractivity contribution in [3.05, 3.63) is 30.1 Å². The van der Waals surface area contributed by atoms with Gasteiger partial charge in [0.15, 0.2) is 0 Å². The number of hydrogen-bond donors (Lipinski definition) is 1. The standard InChI is InChI=1S/C10H13N3O/c14-10(13-7-1-4-12-13)8-9-2-5-11-6-3-9/h2-3,5-6,12H,1,4,7-8H2. The number of carbonyl (C=O) groups is 1. The van der Waals surface area contributed by atoms with Crippen molar-refractivity contribution in [3.8, 4) is 0 Å². The molecule has 1 fully saturated rings. The molecule has 1 aromatic rings. The van der Waals surface area contributed by atoms with Gasteiger partial charge < -0.3 is 0 Å². The highest BCUT2D eigenvalue weighted by Gasteiger charge is 2.17. The maximum atomic E-state index is 11.7. The highest BCUT2D eigenvalue weighted by molar-refractivity contribution is 5.78. The summed E-state index contributed by atoms with van der Waals surface area (Å²) in [6.07, 6.45) is 4.91. The first-order valence-corrected chi connectivity index (χ1v) is 4.79. The lowest BCUT2D eigenvalue weighted by atomic mass is 10.2. The van der Waals surface area contributed by atoms with Gasteiger partial charge in [-0.15, -0.1) is 0 Å². The Hall–Kier alpha value is -1.42. The second-order valence-electron chi connectivity index (χ2n) is 3.34. The van der Waals surface area contributed by atoms with Crippen LogP contribution in [0, 0.1) is 0 Å². The Balaban J connectivity index is 1.94. The first-order valence-electron chi connectivity index (χ1n) is 4.79. The SMILES string of the molecule is O=C(Cc1ccncc1)N1CCCN1. The molecule has 0 spiro atoms. The van der Waals surface area contributed by atoms with E-state index >= 15 is 0 Å². The fourth-order valence-corrected chi connectivity index (χ4v) is 1.51. The Bertz CT molecular complexity index is 306. The van der Waals surface area contributed by atoms with Gasteiger partial charge in [0.1, 0.15) is 0 Å². The summed E-state index contributed by atoms with van der Waals surface area (Å²) in [5.74, 6) is 0.133. The van der Waals surface area contributed by atoms with Crippen LogP contribution in [0.4, 0.5) is 0 Å². The third kappa shape index (κ3) is 2.09. The smallest absolute Gasteiger partial charge is 0.241 e. The fraction of sp³-hybridized carbons (Fsp3) is 0.400. The third-order valence-electron chi connectivity index (χ3n) is 2.27. The second kappa shape index (κ2) is 4.19. The van der Waals surface area contributed by atoms with Gasteiger partial charge in [0, 0.05) is 25.5 Å². The van der Waals surface area contributed by atoms with Gasteiger partial charge in [-0.25, -0.2) is 5.43 Å². The summed E-state index contributed by atoms with van der Waals surface area (Å²) < 4.78 is 0. The largest absolute Gasteiger partial charge is 0.278 e. The van der Waals surface area contributed by atoms with Gasteiger partial charge in [0.2, 0.25) is 5.91 Å². The molecule has 1 amide bonds. The molecule has 0 saturated carbocycles. The maximum absolute atomic E-state index is 11.7. The molecule has 0 aliphatic carbocycles. The summed E-state index contributed by atoms with van der Waals surface area (Å²) in [6, 6.07) is 3.74. The Morgan fingerprint density at radius 2 is 2.29 bits per heavy atom. The van der Waals surface area contributed by atoms with Gasteiger partial charge in [-0.2, -0.15) is 0 Å². The van der Waals surface area contributed by atoms with Crippen molar-refractivity contribution in [2.75, 3.05) is 13.1 Å². The number of hydrogen-bond acceptors (Lipinski definition) is 3. The fourth-order valence-electron chi connectivity index (χ4n) is 1.51. The summed E-state index contributed by atoms with van der Waals surface area (Å²) in [6.45, 7) is 1.73. The minimum atomic E-state index is 0.133. The molecule has 4 nitrogen and oxygen atoms in total. The molecule has 1 saturated heterocycles. The van der Waals surface area contributed by atoms with Gasteiger partial charge in [0.05, 0.1) is 6.42 Å². The average molecular weight is 191 g/mol. The van der Waals surface area contributed by atoms with Gasteiger partial charge in [-0.1, -0.05) is 0 Å². The predicted molar refractivity (Wildman–Crippen MR) is 52.3 cm³/mol. The molecule has 0 radical (unpaired) electrons. The minimum absolute atomic E-state index is 0.133. The molecule has 0 unspecified atom stereocenters. The van der Waals surface area contributed by atoms with Gasteiger partial charge in [0.25, 0.3) is 0 Å². The van der Waals surface area contributed by atoms with E-state index in [1.54, 1.807) is 17.4 Å². The number of nitrogens with one attached hydrogen (secondary N) is 1. The summed E-state index contributed by atoms with van der Waals surface area (Å²) in [5.41, 5.74) is 4.06. The van der Waals surface area contributed by atoms with Crippen LogP contribution in [0.25, 0.3) is 0 Å². The van der Waals surface area contributed by atoms with Gasteiger partial charge in [-0.05, 0) is 24.1 Å². The number of pyridine rings is 1. The first-order chi connectivity index (χ1) is 6.86. The molecular weight excluding hydrogens is 178 g/mol. The van der Waals surface area contributed by atoms with Crippen molar-refractivity contribution in [1.82, 2.24) is 15.4 Å². The molecule has 0 atom stereocenters. The molecular formula is C10H13N3O. The summed E-state index contributed by atoms with van der Waals surface area (Å²) in [4.78, 5) is 15.6. The number of carbonyl (C=O) groups excluding carboxylic acids is 1. The zero-order valence-corrected chi connectivity index (χ0v) is 7.94. The second-order valence-corrected chi connectivity index (χ2v) is 3.34. The molecule has 0 bridgehead atoms. The van der Waals surface area contributed by atoms with Crippen LogP contribution in [0.1, 0.15) is 12.0 Å². The van der Waals surface area contributed by atoms with Gasteiger partial charge in [-0.3, -0.25) is 14.8 Å². The lowest BCUT2D eigenvalue weighted by Crippen LogP contribution is -2.37. The Labute approximate surface area is 82.9 Å². The number of aromatic nitrogens is 1. The van der Waals surface area contributed by atoms with E-state index in [-0.39, 0.29) is 5.91 Å². The highest BCUT2D eigenvalue weighted by atomic mass is 16.2. The normalized spacial score (nSPS) is 15.9. The van der Waals surface area contributed by atoms with E-state index in [1.807, 2.05) is 12.1 Å². The molecule has 1 aliphatic heterocycles. The first kappa shape index (κ1) is 9.15. The van der Waals surface area contributed by atoms with Crippen molar-refractivity contribution in [1.29, 1.82) is 0 Å². The number of rotatable bonds is 2. The molecule has 1 N–H and O–H groups in total. The average Bonchev–Trinajstić information content (AvgIpc) is 2.72. The van der Waals surface area contributed by atoms with E-state index in [0.29, 0.717) is 6.42 Å². The zero-order valence-electron chi connectivity index (χ0n) is 7.94. The number of amides is 1. The summed E-state index contributed by atoms with van der Waals surface area (Å²) in [5, 5.41) is 1.69. The van der Waals surface area contributed by atoms with Gasteiger partial charge >= 0.3 is 0 Å². The van der Waals surface area contributed by atoms with E-state index in [2.05, 4.69) is 10.4 Å². The summed E-state index contributed by atoms with van der Waals surface area (Å²) in [7, 11) is 0. The molecule has 1 aliphatic rings. The molecule has 14 heavy (non-hydrogen) atoms. The molecule has 2 heterocycles. The van der Waals surface area contributed by atoms with E-state index in [0.717, 1.165) is 25.1 Å². The lowest BCUT2D eigenvalue weighted by Gasteiger charge is -2.14. The maximum Gasteiger partial charge on any atom is 0.241 e. The van der Waals surface area contributed by atoms with Crippen molar-refractivity contribution in [3.63, 3.8) is 0 Å². The predicted octanol–water partition coefficient (Wildman–Crippen LogP) is 0.361. The quantitative estimate of drug-likeness (QED) is 0.734. The van der Waals surface area contributed by atoms with Crippen LogP contribution in [-0.2, 0) is 11.2 Å². The van der Waals surface area contributed by atoms with E-state index in [4.69, 9.17) is 0 Å². The van der Waals surface area contributed by atoms with E-state index in [1.165, 1.54) is 0 Å². The lowest BCUT2D eigenvalue weighted by molar-refractivity contribution is -0.131. The van der Waals surface area contributed by atoms with E-state index < -0.39 is 0 Å². The monoisotopic (exact) mass is 191 g/mol. The Kier molecular flexibility index (Phi) is 2.74. The van der Waals surface area contributed by atoms with E-state index in [9.17, 15) is 4.79 Å². The van der Waals surface area contributed by atoms with Crippen LogP contribution < -0.4 is 5.43 Å². The van der Waals surface area contributed by atoms with Crippen molar-refractivity contribution in [2.24, 2.45) is 0 Å². The highest BCUT2D eigenvalue weighted by Crippen LogP contribution is 2.03. The van der Waals surface area contributed by atoms with Crippen LogP contribution in [0.15, 0.2) is 24.5 Å². The van der Waals surface area contributed by atoms with Crippen molar-refractivity contribution < 1.29 is 4.79 Å². The topological polar surface area (TPSA) is 45.2 Å². The molecule has 4 heteroatoms. The zero-order chi connectivity index (χ0) is 9.80. The van der Waals surface area contributed by atoms with Crippen LogP contribution in [0.5, 0.6) is 0 Å². The van der Waals surface area contributed by atoms with Crippen molar-refractivity contribution >= 4 is 5.91 Å². The molecule has 2 rings (SSSR count). The molecule has 1 aromatic heterocycles. The van der Waals surface area contributed by atoms with Crippen LogP contribution >= 0.6 is 0 Å². The molecule has 74 valence electrons. The third-order valence-corrected chi connectivity index (χ3v) is 2.27. The molecule has 0 aromatic carbocycles. The number of nitrogens with zero attached hydrogens (tertiary/aromatic N) is 2.